The van der Waals surface area contributed by atoms with Crippen LogP contribution in [0.4, 0.5) is 0 Å². The van der Waals surface area contributed by atoms with E-state index in [0.717, 1.165) is 11.2 Å². The van der Waals surface area contributed by atoms with E-state index < -0.39 is 0 Å². The molecule has 0 unspecified atom stereocenters. The topological polar surface area (TPSA) is 11.3 Å². The minimum atomic E-state index is 0.944. The normalized spacial score (nSPS) is 12.2. The molecule has 1 aromatic heterocycles. The van der Waals surface area contributed by atoms with Crippen LogP contribution in [-0.4, -0.2) is 0 Å². The third-order valence-corrected chi connectivity index (χ3v) is 5.10. The molecule has 110 valence electrons. The second-order valence-electron chi connectivity index (χ2n) is 6.43. The smallest absolute Gasteiger partial charge is 0.207 e. The Morgan fingerprint density at radius 2 is 1.17 bits per heavy atom. The molecule has 0 aliphatic carbocycles. The van der Waals surface area contributed by atoms with Gasteiger partial charge in [0, 0.05) is 16.8 Å². The van der Waals surface area contributed by atoms with Crippen LogP contribution in [0.15, 0.2) is 83.3 Å². The summed E-state index contributed by atoms with van der Waals surface area (Å²) in [5, 5.41) is 9.96. The van der Waals surface area contributed by atoms with Gasteiger partial charge in [-0.15, -0.1) is 0 Å². The molecule has 0 amide bonds. The summed E-state index contributed by atoms with van der Waals surface area (Å²) in [6, 6.07) is 28.0. The van der Waals surface area contributed by atoms with Gasteiger partial charge in [0.15, 0.2) is 0 Å². The Kier molecular flexibility index (Phi) is 2.15. The number of rotatable bonds is 0. The van der Waals surface area contributed by atoms with Crippen LogP contribution in [0.3, 0.4) is 0 Å². The molecule has 5 aromatic carbocycles. The van der Waals surface area contributed by atoms with E-state index in [1.54, 1.807) is 0 Å². The maximum atomic E-state index is 6.30. The zero-order valence-corrected chi connectivity index (χ0v) is 12.9. The number of fused-ring (bicyclic) bond motifs is 3. The summed E-state index contributed by atoms with van der Waals surface area (Å²) in [5.41, 5.74) is 1.90. The van der Waals surface area contributed by atoms with E-state index in [0.29, 0.717) is 0 Å². The molecule has 0 N–H and O–H groups in total. The third kappa shape index (κ3) is 1.47. The van der Waals surface area contributed by atoms with Crippen molar-refractivity contribution >= 4 is 54.3 Å². The summed E-state index contributed by atoms with van der Waals surface area (Å²) in [5.74, 6) is 0. The highest BCUT2D eigenvalue weighted by Crippen LogP contribution is 2.39. The lowest BCUT2D eigenvalue weighted by molar-refractivity contribution is 0.663. The van der Waals surface area contributed by atoms with Gasteiger partial charge < -0.3 is 0 Å². The summed E-state index contributed by atoms with van der Waals surface area (Å²) in [4.78, 5) is 0. The van der Waals surface area contributed by atoms with Gasteiger partial charge in [-0.25, -0.2) is 4.42 Å². The fourth-order valence-corrected chi connectivity index (χ4v) is 3.99. The van der Waals surface area contributed by atoms with Crippen molar-refractivity contribution < 1.29 is 4.42 Å². The molecule has 0 saturated carbocycles. The van der Waals surface area contributed by atoms with Crippen LogP contribution in [0.25, 0.3) is 54.3 Å². The van der Waals surface area contributed by atoms with Gasteiger partial charge in [-0.3, -0.25) is 0 Å². The first-order chi connectivity index (χ1) is 11.9. The molecule has 0 radical (unpaired) electrons. The molecule has 1 heterocycles. The molecule has 6 rings (SSSR count). The van der Waals surface area contributed by atoms with Gasteiger partial charge in [0.2, 0.25) is 0 Å². The Balaban J connectivity index is 1.95. The molecule has 0 aliphatic rings. The molecule has 0 aliphatic heterocycles. The van der Waals surface area contributed by atoms with Crippen LogP contribution in [-0.2, 0) is 0 Å². The highest BCUT2D eigenvalue weighted by molar-refractivity contribution is 6.27. The van der Waals surface area contributed by atoms with E-state index in [1.807, 2.05) is 0 Å². The Labute approximate surface area is 138 Å². The number of hydrogen-bond acceptors (Lipinski definition) is 0. The van der Waals surface area contributed by atoms with Crippen molar-refractivity contribution in [1.82, 2.24) is 0 Å². The molecule has 0 atom stereocenters. The predicted octanol–water partition coefficient (Wildman–Crippen LogP) is 6.76. The van der Waals surface area contributed by atoms with Crippen molar-refractivity contribution in [2.45, 2.75) is 0 Å². The minimum absolute atomic E-state index is 0.944. The van der Waals surface area contributed by atoms with Crippen molar-refractivity contribution in [1.29, 1.82) is 0 Å². The van der Waals surface area contributed by atoms with Gasteiger partial charge in [-0.05, 0) is 33.7 Å². The summed E-state index contributed by atoms with van der Waals surface area (Å²) in [7, 11) is 0. The van der Waals surface area contributed by atoms with E-state index in [1.165, 1.54) is 43.1 Å². The zero-order valence-electron chi connectivity index (χ0n) is 12.9. The Bertz CT molecular complexity index is 1380. The third-order valence-electron chi connectivity index (χ3n) is 5.10. The van der Waals surface area contributed by atoms with Gasteiger partial charge in [0.05, 0.1) is 16.8 Å². The van der Waals surface area contributed by atoms with Crippen LogP contribution in [0, 0.1) is 0 Å². The maximum Gasteiger partial charge on any atom is 0.362 e. The van der Waals surface area contributed by atoms with Gasteiger partial charge in [0.25, 0.3) is 0 Å². The summed E-state index contributed by atoms with van der Waals surface area (Å²) < 4.78 is 6.30. The standard InChI is InChI=1S/C23H13O/c1-2-5-17-13-21-19(12-16(17)4-1)18-10-8-14-6-3-7-15-9-11-20(24-21)23(18)22(14)15/h1-13H/q+1. The molecule has 0 spiro atoms. The molecule has 0 saturated heterocycles. The molecule has 1 nitrogen and oxygen atoms in total. The lowest BCUT2D eigenvalue weighted by Gasteiger charge is -2.07. The first-order valence-corrected chi connectivity index (χ1v) is 8.21. The Morgan fingerprint density at radius 3 is 2.00 bits per heavy atom. The molecule has 0 bridgehead atoms. The second-order valence-corrected chi connectivity index (χ2v) is 6.43. The Hall–Kier alpha value is -3.19. The van der Waals surface area contributed by atoms with Crippen LogP contribution < -0.4 is 0 Å². The molecule has 0 fully saturated rings. The first kappa shape index (κ1) is 12.3. The van der Waals surface area contributed by atoms with Crippen molar-refractivity contribution in [3.63, 3.8) is 0 Å². The highest BCUT2D eigenvalue weighted by Gasteiger charge is 2.20. The van der Waals surface area contributed by atoms with E-state index in [2.05, 4.69) is 78.9 Å². The average molecular weight is 305 g/mol. The van der Waals surface area contributed by atoms with Crippen molar-refractivity contribution in [3.8, 4) is 0 Å². The molecular formula is C23H13O+. The predicted molar refractivity (Wildman–Crippen MR) is 102 cm³/mol. The van der Waals surface area contributed by atoms with E-state index in [9.17, 15) is 0 Å². The molecule has 1 heteroatoms. The molecular weight excluding hydrogens is 292 g/mol. The first-order valence-electron chi connectivity index (χ1n) is 8.21. The maximum absolute atomic E-state index is 6.30. The van der Waals surface area contributed by atoms with Crippen LogP contribution in [0.5, 0.6) is 0 Å². The van der Waals surface area contributed by atoms with Gasteiger partial charge in [-0.2, -0.15) is 0 Å². The van der Waals surface area contributed by atoms with Crippen molar-refractivity contribution in [3.05, 3.63) is 78.9 Å². The van der Waals surface area contributed by atoms with E-state index in [-0.39, 0.29) is 0 Å². The van der Waals surface area contributed by atoms with Gasteiger partial charge in [0.1, 0.15) is 0 Å². The fraction of sp³-hybridized carbons (Fsp3) is 0. The van der Waals surface area contributed by atoms with Gasteiger partial charge >= 0.3 is 11.2 Å². The van der Waals surface area contributed by atoms with E-state index in [4.69, 9.17) is 4.42 Å². The van der Waals surface area contributed by atoms with Crippen LogP contribution in [0.2, 0.25) is 0 Å². The highest BCUT2D eigenvalue weighted by atomic mass is 16.3. The van der Waals surface area contributed by atoms with Gasteiger partial charge in [-0.1, -0.05) is 54.6 Å². The second kappa shape index (κ2) is 4.21. The zero-order chi connectivity index (χ0) is 15.7. The number of hydrogen-bond donors (Lipinski definition) is 0. The lowest BCUT2D eigenvalue weighted by Crippen LogP contribution is -1.86. The molecule has 6 aromatic rings. The summed E-state index contributed by atoms with van der Waals surface area (Å²) >= 11 is 0. The quantitative estimate of drug-likeness (QED) is 0.171. The minimum Gasteiger partial charge on any atom is -0.207 e. The molecule has 24 heavy (non-hydrogen) atoms. The van der Waals surface area contributed by atoms with Crippen molar-refractivity contribution in [2.75, 3.05) is 0 Å². The summed E-state index contributed by atoms with van der Waals surface area (Å²) in [6.07, 6.45) is 0. The largest absolute Gasteiger partial charge is 0.362 e. The van der Waals surface area contributed by atoms with Crippen LogP contribution >= 0.6 is 0 Å². The number of benzene rings is 5. The van der Waals surface area contributed by atoms with Crippen LogP contribution in [0.1, 0.15) is 0 Å². The van der Waals surface area contributed by atoms with E-state index >= 15 is 0 Å². The fourth-order valence-electron chi connectivity index (χ4n) is 3.99. The Morgan fingerprint density at radius 1 is 0.458 bits per heavy atom. The summed E-state index contributed by atoms with van der Waals surface area (Å²) in [6.45, 7) is 0. The lowest BCUT2D eigenvalue weighted by atomic mass is 9.95. The monoisotopic (exact) mass is 305 g/mol. The average Bonchev–Trinajstić information content (AvgIpc) is 2.64. The SMILES string of the molecule is c1ccc2cc3c(cc2c1)[o+]c1ccc2cccc4ccc3c1c24. The van der Waals surface area contributed by atoms with Crippen molar-refractivity contribution in [2.24, 2.45) is 0 Å².